The highest BCUT2D eigenvalue weighted by molar-refractivity contribution is 7.93. The van der Waals surface area contributed by atoms with Gasteiger partial charge in [0.2, 0.25) is 11.9 Å². The molecule has 2 heterocycles. The van der Waals surface area contributed by atoms with Crippen LogP contribution in [0.4, 0.5) is 26.3 Å². The van der Waals surface area contributed by atoms with Gasteiger partial charge in [0.15, 0.2) is 0 Å². The van der Waals surface area contributed by atoms with Gasteiger partial charge in [0.1, 0.15) is 10.6 Å². The summed E-state index contributed by atoms with van der Waals surface area (Å²) in [6.07, 6.45) is -6.92. The molecule has 0 amide bonds. The van der Waals surface area contributed by atoms with Crippen LogP contribution < -0.4 is 4.74 Å². The molecular weight excluding hydrogens is 478 g/mol. The van der Waals surface area contributed by atoms with E-state index in [2.05, 4.69) is 23.2 Å². The van der Waals surface area contributed by atoms with Crippen molar-refractivity contribution in [3.8, 4) is 16.9 Å². The third-order valence-corrected chi connectivity index (χ3v) is 5.86. The van der Waals surface area contributed by atoms with Crippen molar-refractivity contribution in [1.29, 1.82) is 0 Å². The van der Waals surface area contributed by atoms with Crippen LogP contribution in [0.2, 0.25) is 0 Å². The first-order valence-corrected chi connectivity index (χ1v) is 10.7. The number of fused-ring (bicyclic) bond motifs is 2. The molecule has 0 aliphatic carbocycles. The fourth-order valence-electron chi connectivity index (χ4n) is 3.29. The molecule has 0 unspecified atom stereocenters. The maximum Gasteiger partial charge on any atom is 0.470 e. The molecular formula is C24H17F6N2OS+. The number of benzene rings is 3. The van der Waals surface area contributed by atoms with Crippen molar-refractivity contribution >= 4 is 29.1 Å². The number of nitrogens with one attached hydrogen (secondary N) is 1. The fourth-order valence-corrected chi connectivity index (χ4v) is 4.30. The Hall–Kier alpha value is -3.40. The molecule has 5 rings (SSSR count). The number of nitrogens with zero attached hydrogens (tertiary/aromatic N) is 1. The van der Waals surface area contributed by atoms with Crippen LogP contribution in [0.1, 0.15) is 5.56 Å². The first kappa shape index (κ1) is 23.7. The Morgan fingerprint density at radius 1 is 0.853 bits per heavy atom. The van der Waals surface area contributed by atoms with E-state index in [9.17, 15) is 26.3 Å². The lowest BCUT2D eigenvalue weighted by Gasteiger charge is -2.17. The predicted molar refractivity (Wildman–Crippen MR) is 119 cm³/mol. The van der Waals surface area contributed by atoms with E-state index in [1.165, 1.54) is 23.0 Å². The zero-order chi connectivity index (χ0) is 24.3. The number of para-hydroxylation sites is 1. The van der Waals surface area contributed by atoms with Gasteiger partial charge < -0.3 is 9.72 Å². The largest absolute Gasteiger partial charge is 0.470 e. The minimum absolute atomic E-state index is 0.0874. The van der Waals surface area contributed by atoms with E-state index in [-0.39, 0.29) is 12.9 Å². The number of hydrogen-bond acceptors (Lipinski definition) is 2. The molecule has 3 nitrogen and oxygen atoms in total. The van der Waals surface area contributed by atoms with E-state index < -0.39 is 17.9 Å². The number of ether oxygens (including phenoxy) is 1. The molecule has 10 heteroatoms. The van der Waals surface area contributed by atoms with Crippen LogP contribution in [0.15, 0.2) is 83.9 Å². The summed E-state index contributed by atoms with van der Waals surface area (Å²) < 4.78 is 81.8. The van der Waals surface area contributed by atoms with Crippen molar-refractivity contribution in [3.63, 3.8) is 0 Å². The Bertz CT molecular complexity index is 1280. The normalized spacial score (nSPS) is 14.8. The zero-order valence-corrected chi connectivity index (χ0v) is 18.1. The Kier molecular flexibility index (Phi) is 6.60. The number of aromatic nitrogens is 1. The van der Waals surface area contributed by atoms with E-state index in [4.69, 9.17) is 4.74 Å². The Balaban J connectivity index is 0.000000252. The first-order chi connectivity index (χ1) is 16.1. The van der Waals surface area contributed by atoms with E-state index in [0.717, 1.165) is 28.1 Å². The van der Waals surface area contributed by atoms with Crippen LogP contribution in [0.25, 0.3) is 22.0 Å². The molecule has 0 fully saturated rings. The predicted octanol–water partition coefficient (Wildman–Crippen LogP) is 7.54. The SMILES string of the molecule is FC(F)(F)C=[N+]1COc2cccc(-c3ccc(C(F)(F)F)cc3)c2S1.c1ccc2[nH]ccc2c1. The highest BCUT2D eigenvalue weighted by atomic mass is 32.2. The number of alkyl halides is 6. The van der Waals surface area contributed by atoms with E-state index in [0.29, 0.717) is 21.8 Å². The van der Waals surface area contributed by atoms with Gasteiger partial charge in [-0.2, -0.15) is 26.3 Å². The van der Waals surface area contributed by atoms with Crippen molar-refractivity contribution in [2.75, 3.05) is 6.73 Å². The van der Waals surface area contributed by atoms with Crippen molar-refractivity contribution < 1.29 is 35.1 Å². The third kappa shape index (κ3) is 5.74. The monoisotopic (exact) mass is 495 g/mol. The smallest absolute Gasteiger partial charge is 0.434 e. The third-order valence-electron chi connectivity index (χ3n) is 4.81. The van der Waals surface area contributed by atoms with Gasteiger partial charge in [-0.05, 0) is 41.3 Å². The number of H-pyrrole nitrogens is 1. The second-order valence-electron chi connectivity index (χ2n) is 7.23. The van der Waals surface area contributed by atoms with Gasteiger partial charge in [0.25, 0.3) is 12.9 Å². The summed E-state index contributed by atoms with van der Waals surface area (Å²) in [7, 11) is 0. The first-order valence-electron chi connectivity index (χ1n) is 9.93. The highest BCUT2D eigenvalue weighted by Crippen LogP contribution is 2.42. The van der Waals surface area contributed by atoms with Gasteiger partial charge in [-0.25, -0.2) is 0 Å². The number of hydrogen-bond donors (Lipinski definition) is 1. The average molecular weight is 495 g/mol. The molecule has 1 N–H and O–H groups in total. The highest BCUT2D eigenvalue weighted by Gasteiger charge is 2.35. The second-order valence-corrected chi connectivity index (χ2v) is 8.29. The summed E-state index contributed by atoms with van der Waals surface area (Å²) in [6.45, 7) is -0.284. The lowest BCUT2D eigenvalue weighted by molar-refractivity contribution is -0.403. The van der Waals surface area contributed by atoms with Crippen molar-refractivity contribution in [3.05, 3.63) is 84.6 Å². The van der Waals surface area contributed by atoms with Crippen LogP contribution in [0.3, 0.4) is 0 Å². The molecule has 1 aromatic heterocycles. The summed E-state index contributed by atoms with van der Waals surface area (Å²) in [5.74, 6) is 0.384. The van der Waals surface area contributed by atoms with Crippen LogP contribution >= 0.6 is 11.9 Å². The number of aromatic amines is 1. The molecule has 0 bridgehead atoms. The van der Waals surface area contributed by atoms with Crippen LogP contribution in [0, 0.1) is 0 Å². The minimum atomic E-state index is -4.50. The molecule has 176 valence electrons. The molecule has 4 aromatic rings. The van der Waals surface area contributed by atoms with Gasteiger partial charge in [-0.15, -0.1) is 3.98 Å². The maximum atomic E-state index is 12.7. The summed E-state index contributed by atoms with van der Waals surface area (Å²) in [6, 6.07) is 19.6. The van der Waals surface area contributed by atoms with E-state index in [1.54, 1.807) is 18.2 Å². The zero-order valence-electron chi connectivity index (χ0n) is 17.3. The lowest BCUT2D eigenvalue weighted by atomic mass is 10.0. The molecule has 1 aliphatic rings. The molecule has 0 saturated carbocycles. The van der Waals surface area contributed by atoms with Crippen LogP contribution in [-0.4, -0.2) is 28.1 Å². The quantitative estimate of drug-likeness (QED) is 0.168. The average Bonchev–Trinajstić information content (AvgIpc) is 3.26. The molecule has 34 heavy (non-hydrogen) atoms. The molecule has 3 aromatic carbocycles. The second kappa shape index (κ2) is 9.46. The van der Waals surface area contributed by atoms with Gasteiger partial charge in [0, 0.05) is 17.3 Å². The molecule has 0 saturated heterocycles. The molecule has 0 spiro atoms. The Labute approximate surface area is 194 Å². The van der Waals surface area contributed by atoms with Crippen LogP contribution in [0.5, 0.6) is 5.75 Å². The van der Waals surface area contributed by atoms with Crippen molar-refractivity contribution in [2.24, 2.45) is 0 Å². The van der Waals surface area contributed by atoms with Crippen molar-refractivity contribution in [1.82, 2.24) is 4.98 Å². The fraction of sp³-hybridized carbons (Fsp3) is 0.125. The number of rotatable bonds is 1. The topological polar surface area (TPSA) is 28.0 Å². The van der Waals surface area contributed by atoms with E-state index >= 15 is 0 Å². The van der Waals surface area contributed by atoms with Gasteiger partial charge in [-0.3, -0.25) is 0 Å². The summed E-state index contributed by atoms with van der Waals surface area (Å²) >= 11 is 0.826. The Morgan fingerprint density at radius 2 is 1.59 bits per heavy atom. The van der Waals surface area contributed by atoms with E-state index in [1.807, 2.05) is 18.3 Å². The molecule has 0 atom stereocenters. The maximum absolute atomic E-state index is 12.7. The Morgan fingerprint density at radius 3 is 2.26 bits per heavy atom. The summed E-state index contributed by atoms with van der Waals surface area (Å²) in [5.41, 5.74) is 1.36. The van der Waals surface area contributed by atoms with Gasteiger partial charge in [0.05, 0.1) is 5.56 Å². The molecule has 0 radical (unpaired) electrons. The van der Waals surface area contributed by atoms with Gasteiger partial charge >= 0.3 is 12.4 Å². The molecule has 1 aliphatic heterocycles. The van der Waals surface area contributed by atoms with Crippen LogP contribution in [-0.2, 0) is 6.18 Å². The lowest BCUT2D eigenvalue weighted by Crippen LogP contribution is -2.24. The number of halogens is 6. The summed E-state index contributed by atoms with van der Waals surface area (Å²) in [4.78, 5) is 3.53. The standard InChI is InChI=1S/C16H10F6NOS.C8H7N/c17-15(18,19)8-23-9-24-13-3-1-2-12(14(13)25-23)10-4-6-11(7-5-10)16(20,21)22;1-2-4-8-7(3-1)5-6-9-8/h1-8H,9H2;1-6,9H/q+1;. The summed E-state index contributed by atoms with van der Waals surface area (Å²) in [5, 5.41) is 1.28. The van der Waals surface area contributed by atoms with Gasteiger partial charge in [-0.1, -0.05) is 42.5 Å². The minimum Gasteiger partial charge on any atom is -0.434 e. The van der Waals surface area contributed by atoms with Crippen molar-refractivity contribution in [2.45, 2.75) is 17.2 Å².